The third-order valence-electron chi connectivity index (χ3n) is 3.70. The Hall–Kier alpha value is 0.490. The van der Waals surface area contributed by atoms with Gasteiger partial charge in [0, 0.05) is 26.3 Å². The van der Waals surface area contributed by atoms with Gasteiger partial charge in [-0.25, -0.2) is 0 Å². The Balaban J connectivity index is 1.92. The molecule has 106 valence electrons. The number of thioether (sulfide) groups is 1. The van der Waals surface area contributed by atoms with E-state index in [1.165, 1.54) is 35.1 Å². The van der Waals surface area contributed by atoms with Crippen LogP contribution in [0.3, 0.4) is 0 Å². The van der Waals surface area contributed by atoms with Crippen molar-refractivity contribution < 1.29 is 0 Å². The Bertz CT molecular complexity index is 425. The zero-order valence-corrected chi connectivity index (χ0v) is 15.4. The van der Waals surface area contributed by atoms with E-state index in [0.29, 0.717) is 12.1 Å². The van der Waals surface area contributed by atoms with Crippen LogP contribution in [-0.4, -0.2) is 17.0 Å². The van der Waals surface area contributed by atoms with E-state index >= 15 is 0 Å². The molecule has 19 heavy (non-hydrogen) atoms. The van der Waals surface area contributed by atoms with Crippen LogP contribution in [0, 0.1) is 0 Å². The monoisotopic (exact) mass is 405 g/mol. The van der Waals surface area contributed by atoms with Crippen LogP contribution in [-0.2, 0) is 0 Å². The molecule has 1 saturated carbocycles. The van der Waals surface area contributed by atoms with Gasteiger partial charge in [-0.05, 0) is 49.6 Å². The van der Waals surface area contributed by atoms with Gasteiger partial charge in [0.15, 0.2) is 0 Å². The number of rotatable bonds is 5. The smallest absolute Gasteiger partial charge is 0.0305 e. The summed E-state index contributed by atoms with van der Waals surface area (Å²) in [6, 6.07) is 7.51. The second-order valence-corrected chi connectivity index (χ2v) is 8.49. The van der Waals surface area contributed by atoms with E-state index in [9.17, 15) is 0 Å². The van der Waals surface area contributed by atoms with Crippen LogP contribution in [0.2, 0.25) is 0 Å². The standard InChI is InChI=1S/C15H21Br2NS/c1-3-19-13-6-5-12(9-13)18-10(2)14-7-4-11(16)8-15(14)17/h4,7-8,10,12-13,18H,3,5-6,9H2,1-2H3. The summed E-state index contributed by atoms with van der Waals surface area (Å²) in [5.74, 6) is 1.24. The molecule has 1 aliphatic carbocycles. The molecule has 0 amide bonds. The fourth-order valence-corrected chi connectivity index (χ4v) is 5.31. The van der Waals surface area contributed by atoms with Crippen LogP contribution < -0.4 is 5.32 Å². The Labute approximate surface area is 137 Å². The molecule has 1 aromatic carbocycles. The fraction of sp³-hybridized carbons (Fsp3) is 0.600. The minimum atomic E-state index is 0.401. The zero-order valence-electron chi connectivity index (χ0n) is 11.5. The van der Waals surface area contributed by atoms with Crippen molar-refractivity contribution in [2.45, 2.75) is 50.4 Å². The van der Waals surface area contributed by atoms with Gasteiger partial charge in [-0.15, -0.1) is 0 Å². The van der Waals surface area contributed by atoms with Crippen LogP contribution in [0.1, 0.15) is 44.7 Å². The van der Waals surface area contributed by atoms with E-state index < -0.39 is 0 Å². The lowest BCUT2D eigenvalue weighted by molar-refractivity contribution is 0.461. The van der Waals surface area contributed by atoms with E-state index in [1.54, 1.807) is 0 Å². The number of hydrogen-bond acceptors (Lipinski definition) is 2. The van der Waals surface area contributed by atoms with E-state index in [-0.39, 0.29) is 0 Å². The number of halogens is 2. The van der Waals surface area contributed by atoms with Crippen molar-refractivity contribution in [3.8, 4) is 0 Å². The molecule has 3 unspecified atom stereocenters. The minimum Gasteiger partial charge on any atom is -0.307 e. The predicted octanol–water partition coefficient (Wildman–Crippen LogP) is 5.54. The molecule has 4 heteroatoms. The molecule has 1 N–H and O–H groups in total. The first-order chi connectivity index (χ1) is 9.10. The summed E-state index contributed by atoms with van der Waals surface area (Å²) in [5.41, 5.74) is 1.34. The molecule has 0 bridgehead atoms. The molecule has 3 atom stereocenters. The average Bonchev–Trinajstić information content (AvgIpc) is 2.76. The van der Waals surface area contributed by atoms with Gasteiger partial charge in [0.05, 0.1) is 0 Å². The molecule has 0 aromatic heterocycles. The van der Waals surface area contributed by atoms with E-state index in [1.807, 2.05) is 0 Å². The number of nitrogens with one attached hydrogen (secondary N) is 1. The zero-order chi connectivity index (χ0) is 13.8. The Morgan fingerprint density at radius 2 is 2.16 bits per heavy atom. The van der Waals surface area contributed by atoms with E-state index in [0.717, 1.165) is 9.72 Å². The van der Waals surface area contributed by atoms with E-state index in [2.05, 4.69) is 81.0 Å². The molecule has 0 saturated heterocycles. The minimum absolute atomic E-state index is 0.401. The normalized spacial score (nSPS) is 24.6. The van der Waals surface area contributed by atoms with Gasteiger partial charge in [0.25, 0.3) is 0 Å². The summed E-state index contributed by atoms with van der Waals surface area (Å²) in [6.07, 6.45) is 4.00. The Kier molecular flexibility index (Phi) is 6.25. The SMILES string of the molecule is CCSC1CCC(NC(C)c2ccc(Br)cc2Br)C1. The van der Waals surface area contributed by atoms with Crippen LogP contribution >= 0.6 is 43.6 Å². The third-order valence-corrected chi connectivity index (χ3v) is 6.11. The maximum atomic E-state index is 3.79. The van der Waals surface area contributed by atoms with Gasteiger partial charge >= 0.3 is 0 Å². The van der Waals surface area contributed by atoms with Crippen molar-refractivity contribution in [3.05, 3.63) is 32.7 Å². The summed E-state index contributed by atoms with van der Waals surface area (Å²) in [4.78, 5) is 0. The van der Waals surface area contributed by atoms with Crippen molar-refractivity contribution >= 4 is 43.6 Å². The van der Waals surface area contributed by atoms with Gasteiger partial charge < -0.3 is 5.32 Å². The number of hydrogen-bond donors (Lipinski definition) is 1. The van der Waals surface area contributed by atoms with Gasteiger partial charge in [-0.3, -0.25) is 0 Å². The van der Waals surface area contributed by atoms with Gasteiger partial charge in [-0.2, -0.15) is 11.8 Å². The Morgan fingerprint density at radius 3 is 2.84 bits per heavy atom. The molecule has 0 radical (unpaired) electrons. The third kappa shape index (κ3) is 4.48. The molecule has 0 heterocycles. The molecule has 0 spiro atoms. The van der Waals surface area contributed by atoms with Crippen LogP contribution in [0.5, 0.6) is 0 Å². The lowest BCUT2D eigenvalue weighted by Crippen LogP contribution is -2.29. The lowest BCUT2D eigenvalue weighted by Gasteiger charge is -2.21. The molecular weight excluding hydrogens is 386 g/mol. The van der Waals surface area contributed by atoms with Crippen molar-refractivity contribution in [1.82, 2.24) is 5.32 Å². The molecule has 1 nitrogen and oxygen atoms in total. The average molecular weight is 407 g/mol. The van der Waals surface area contributed by atoms with Crippen LogP contribution in [0.25, 0.3) is 0 Å². The largest absolute Gasteiger partial charge is 0.307 e. The maximum absolute atomic E-state index is 3.79. The van der Waals surface area contributed by atoms with Gasteiger partial charge in [0.1, 0.15) is 0 Å². The van der Waals surface area contributed by atoms with Crippen LogP contribution in [0.15, 0.2) is 27.1 Å². The molecule has 2 rings (SSSR count). The molecule has 1 fully saturated rings. The second-order valence-electron chi connectivity index (χ2n) is 5.14. The van der Waals surface area contributed by atoms with Crippen molar-refractivity contribution in [1.29, 1.82) is 0 Å². The summed E-state index contributed by atoms with van der Waals surface area (Å²) in [6.45, 7) is 4.52. The summed E-state index contributed by atoms with van der Waals surface area (Å²) in [7, 11) is 0. The highest BCUT2D eigenvalue weighted by Crippen LogP contribution is 2.32. The molecule has 1 aliphatic rings. The predicted molar refractivity (Wildman–Crippen MR) is 93.0 cm³/mol. The van der Waals surface area contributed by atoms with Gasteiger partial charge in [0.2, 0.25) is 0 Å². The summed E-state index contributed by atoms with van der Waals surface area (Å²) < 4.78 is 2.30. The summed E-state index contributed by atoms with van der Waals surface area (Å²) >= 11 is 9.28. The fourth-order valence-electron chi connectivity index (χ4n) is 2.77. The quantitative estimate of drug-likeness (QED) is 0.689. The molecule has 0 aliphatic heterocycles. The first kappa shape index (κ1) is 15.9. The highest BCUT2D eigenvalue weighted by Gasteiger charge is 2.25. The van der Waals surface area contributed by atoms with E-state index in [4.69, 9.17) is 0 Å². The van der Waals surface area contributed by atoms with Crippen LogP contribution in [0.4, 0.5) is 0 Å². The second kappa shape index (κ2) is 7.48. The summed E-state index contributed by atoms with van der Waals surface area (Å²) in [5, 5.41) is 4.65. The highest BCUT2D eigenvalue weighted by molar-refractivity contribution is 9.11. The van der Waals surface area contributed by atoms with Gasteiger partial charge in [-0.1, -0.05) is 44.8 Å². The number of benzene rings is 1. The van der Waals surface area contributed by atoms with Crippen molar-refractivity contribution in [2.75, 3.05) is 5.75 Å². The first-order valence-corrected chi connectivity index (χ1v) is 9.56. The Morgan fingerprint density at radius 1 is 1.37 bits per heavy atom. The highest BCUT2D eigenvalue weighted by atomic mass is 79.9. The van der Waals surface area contributed by atoms with Crippen molar-refractivity contribution in [3.63, 3.8) is 0 Å². The molecule has 1 aromatic rings. The van der Waals surface area contributed by atoms with Crippen molar-refractivity contribution in [2.24, 2.45) is 0 Å². The lowest BCUT2D eigenvalue weighted by atomic mass is 10.1. The first-order valence-electron chi connectivity index (χ1n) is 6.92. The topological polar surface area (TPSA) is 12.0 Å². The molecular formula is C15H21Br2NS. The maximum Gasteiger partial charge on any atom is 0.0305 e.